The molecule has 122 valence electrons. The molecule has 0 unspecified atom stereocenters. The third kappa shape index (κ3) is 5.00. The molecule has 1 aromatic carbocycles. The number of nitrogens with one attached hydrogen (secondary N) is 1. The van der Waals surface area contributed by atoms with Crippen LogP contribution in [0.3, 0.4) is 0 Å². The maximum absolute atomic E-state index is 12.1. The molecule has 2 rings (SSSR count). The summed E-state index contributed by atoms with van der Waals surface area (Å²) in [7, 11) is 0. The van der Waals surface area contributed by atoms with E-state index in [0.29, 0.717) is 6.54 Å². The molecule has 1 aromatic rings. The smallest absolute Gasteiger partial charge is 0.260 e. The minimum absolute atomic E-state index is 0.0757. The number of benzene rings is 1. The molecule has 0 radical (unpaired) electrons. The minimum Gasteiger partial charge on any atom is -0.481 e. The Morgan fingerprint density at radius 2 is 2.09 bits per heavy atom. The Hall–Kier alpha value is -1.59. The molecule has 1 aliphatic heterocycles. The summed E-state index contributed by atoms with van der Waals surface area (Å²) in [6.45, 7) is 10.7. The van der Waals surface area contributed by atoms with Crippen molar-refractivity contribution >= 4 is 5.91 Å². The Labute approximate surface area is 132 Å². The van der Waals surface area contributed by atoms with Gasteiger partial charge in [-0.1, -0.05) is 17.7 Å². The van der Waals surface area contributed by atoms with E-state index in [1.54, 1.807) is 6.92 Å². The fraction of sp³-hybridized carbons (Fsp3) is 0.588. The first-order chi connectivity index (χ1) is 10.6. The third-order valence-electron chi connectivity index (χ3n) is 3.83. The lowest BCUT2D eigenvalue weighted by Crippen LogP contribution is -2.43. The van der Waals surface area contributed by atoms with Gasteiger partial charge in [-0.2, -0.15) is 0 Å². The first-order valence-electron chi connectivity index (χ1n) is 7.88. The Kier molecular flexibility index (Phi) is 6.21. The molecule has 0 spiro atoms. The van der Waals surface area contributed by atoms with Crippen LogP contribution in [0.2, 0.25) is 0 Å². The van der Waals surface area contributed by atoms with Crippen molar-refractivity contribution in [3.8, 4) is 5.75 Å². The average molecular weight is 306 g/mol. The lowest BCUT2D eigenvalue weighted by molar-refractivity contribution is -0.127. The second kappa shape index (κ2) is 8.15. The molecule has 1 fully saturated rings. The van der Waals surface area contributed by atoms with E-state index in [2.05, 4.69) is 16.3 Å². The van der Waals surface area contributed by atoms with Crippen molar-refractivity contribution in [3.63, 3.8) is 0 Å². The number of ether oxygens (including phenoxy) is 2. The molecular formula is C17H26N2O3. The van der Waals surface area contributed by atoms with Crippen LogP contribution in [0, 0.1) is 13.8 Å². The number of aryl methyl sites for hydroxylation is 2. The van der Waals surface area contributed by atoms with Crippen LogP contribution in [0.1, 0.15) is 18.1 Å². The zero-order chi connectivity index (χ0) is 15.9. The van der Waals surface area contributed by atoms with Crippen LogP contribution in [0.15, 0.2) is 18.2 Å². The second-order valence-electron chi connectivity index (χ2n) is 5.77. The largest absolute Gasteiger partial charge is 0.481 e. The van der Waals surface area contributed by atoms with Crippen LogP contribution in [0.25, 0.3) is 0 Å². The van der Waals surface area contributed by atoms with Crippen LogP contribution in [0.4, 0.5) is 0 Å². The summed E-state index contributed by atoms with van der Waals surface area (Å²) in [6, 6.07) is 5.96. The fourth-order valence-electron chi connectivity index (χ4n) is 2.48. The topological polar surface area (TPSA) is 50.8 Å². The SMILES string of the molecule is Cc1ccc(O[C@H](C)C(=O)NCCN2CCOCC2)c(C)c1. The van der Waals surface area contributed by atoms with Crippen molar-refractivity contribution < 1.29 is 14.3 Å². The molecular weight excluding hydrogens is 280 g/mol. The number of rotatable bonds is 6. The molecule has 1 amide bonds. The summed E-state index contributed by atoms with van der Waals surface area (Å²) in [5.41, 5.74) is 2.24. The van der Waals surface area contributed by atoms with Gasteiger partial charge in [0.05, 0.1) is 13.2 Å². The maximum atomic E-state index is 12.1. The fourth-order valence-corrected chi connectivity index (χ4v) is 2.48. The minimum atomic E-state index is -0.494. The Morgan fingerprint density at radius 1 is 1.36 bits per heavy atom. The Morgan fingerprint density at radius 3 is 2.77 bits per heavy atom. The van der Waals surface area contributed by atoms with Crippen molar-refractivity contribution in [1.82, 2.24) is 10.2 Å². The number of morpholine rings is 1. The lowest BCUT2D eigenvalue weighted by Gasteiger charge is -2.26. The highest BCUT2D eigenvalue weighted by atomic mass is 16.5. The molecule has 5 heteroatoms. The highest BCUT2D eigenvalue weighted by Crippen LogP contribution is 2.19. The van der Waals surface area contributed by atoms with E-state index < -0.39 is 6.10 Å². The van der Waals surface area contributed by atoms with Crippen molar-refractivity contribution in [3.05, 3.63) is 29.3 Å². The Bertz CT molecular complexity index is 499. The summed E-state index contributed by atoms with van der Waals surface area (Å²) in [6.07, 6.45) is -0.494. The Balaban J connectivity index is 1.74. The van der Waals surface area contributed by atoms with Gasteiger partial charge in [0.1, 0.15) is 5.75 Å². The molecule has 1 aliphatic rings. The van der Waals surface area contributed by atoms with Crippen LogP contribution in [-0.2, 0) is 9.53 Å². The molecule has 22 heavy (non-hydrogen) atoms. The van der Waals surface area contributed by atoms with E-state index in [1.807, 2.05) is 26.0 Å². The molecule has 1 atom stereocenters. The summed E-state index contributed by atoms with van der Waals surface area (Å²) in [5, 5.41) is 2.93. The molecule has 0 aromatic heterocycles. The maximum Gasteiger partial charge on any atom is 0.260 e. The molecule has 1 N–H and O–H groups in total. The summed E-state index contributed by atoms with van der Waals surface area (Å²) in [5.74, 6) is 0.690. The van der Waals surface area contributed by atoms with E-state index in [0.717, 1.165) is 44.2 Å². The number of amides is 1. The highest BCUT2D eigenvalue weighted by Gasteiger charge is 2.16. The van der Waals surface area contributed by atoms with Gasteiger partial charge in [0, 0.05) is 26.2 Å². The number of carbonyl (C=O) groups is 1. The van der Waals surface area contributed by atoms with Gasteiger partial charge in [-0.3, -0.25) is 9.69 Å². The molecule has 1 heterocycles. The number of hydrogen-bond acceptors (Lipinski definition) is 4. The second-order valence-corrected chi connectivity index (χ2v) is 5.77. The van der Waals surface area contributed by atoms with Crippen LogP contribution in [-0.4, -0.2) is 56.3 Å². The quantitative estimate of drug-likeness (QED) is 0.866. The van der Waals surface area contributed by atoms with Gasteiger partial charge in [-0.05, 0) is 32.4 Å². The van der Waals surface area contributed by atoms with Crippen molar-refractivity contribution in [2.24, 2.45) is 0 Å². The number of nitrogens with zero attached hydrogens (tertiary/aromatic N) is 1. The summed E-state index contributed by atoms with van der Waals surface area (Å²) < 4.78 is 11.1. The predicted molar refractivity (Wildman–Crippen MR) is 86.3 cm³/mol. The van der Waals surface area contributed by atoms with E-state index in [-0.39, 0.29) is 5.91 Å². The number of hydrogen-bond donors (Lipinski definition) is 1. The summed E-state index contributed by atoms with van der Waals surface area (Å²) >= 11 is 0. The normalized spacial score (nSPS) is 17.0. The number of carbonyl (C=O) groups excluding carboxylic acids is 1. The van der Waals surface area contributed by atoms with Gasteiger partial charge < -0.3 is 14.8 Å². The van der Waals surface area contributed by atoms with Gasteiger partial charge in [0.15, 0.2) is 6.10 Å². The molecule has 1 saturated heterocycles. The van der Waals surface area contributed by atoms with Crippen molar-refractivity contribution in [2.75, 3.05) is 39.4 Å². The zero-order valence-corrected chi connectivity index (χ0v) is 13.7. The molecule has 0 saturated carbocycles. The predicted octanol–water partition coefficient (Wildman–Crippen LogP) is 1.52. The average Bonchev–Trinajstić information content (AvgIpc) is 2.51. The first-order valence-corrected chi connectivity index (χ1v) is 7.88. The lowest BCUT2D eigenvalue weighted by atomic mass is 10.1. The first kappa shape index (κ1) is 16.8. The standard InChI is InChI=1S/C17H26N2O3/c1-13-4-5-16(14(2)12-13)22-15(3)17(20)18-6-7-19-8-10-21-11-9-19/h4-5,12,15H,6-11H2,1-3H3,(H,18,20)/t15-/m1/s1. The zero-order valence-electron chi connectivity index (χ0n) is 13.7. The van der Waals surface area contributed by atoms with Gasteiger partial charge in [0.2, 0.25) is 0 Å². The van der Waals surface area contributed by atoms with Crippen molar-refractivity contribution in [1.29, 1.82) is 0 Å². The van der Waals surface area contributed by atoms with Gasteiger partial charge in [-0.25, -0.2) is 0 Å². The highest BCUT2D eigenvalue weighted by molar-refractivity contribution is 5.80. The third-order valence-corrected chi connectivity index (χ3v) is 3.83. The van der Waals surface area contributed by atoms with Crippen molar-refractivity contribution in [2.45, 2.75) is 26.9 Å². The summed E-state index contributed by atoms with van der Waals surface area (Å²) in [4.78, 5) is 14.4. The van der Waals surface area contributed by atoms with Crippen LogP contribution >= 0.6 is 0 Å². The molecule has 0 aliphatic carbocycles. The molecule has 5 nitrogen and oxygen atoms in total. The van der Waals surface area contributed by atoms with E-state index in [1.165, 1.54) is 5.56 Å². The van der Waals surface area contributed by atoms with Crippen LogP contribution < -0.4 is 10.1 Å². The molecule has 0 bridgehead atoms. The van der Waals surface area contributed by atoms with Gasteiger partial charge in [-0.15, -0.1) is 0 Å². The van der Waals surface area contributed by atoms with Gasteiger partial charge >= 0.3 is 0 Å². The van der Waals surface area contributed by atoms with Gasteiger partial charge in [0.25, 0.3) is 5.91 Å². The monoisotopic (exact) mass is 306 g/mol. The van der Waals surface area contributed by atoms with E-state index in [4.69, 9.17) is 9.47 Å². The van der Waals surface area contributed by atoms with Crippen LogP contribution in [0.5, 0.6) is 5.75 Å². The van der Waals surface area contributed by atoms with E-state index in [9.17, 15) is 4.79 Å². The van der Waals surface area contributed by atoms with E-state index >= 15 is 0 Å².